The number of allylic oxidation sites excluding steroid dienone is 4. The molecule has 0 nitrogen and oxygen atoms in total. The minimum absolute atomic E-state index is 1.11. The Morgan fingerprint density at radius 2 is 1.05 bits per heavy atom. The second-order valence-corrected chi connectivity index (χ2v) is 6.94. The zero-order valence-electron chi connectivity index (χ0n) is 12.4. The molecule has 0 spiro atoms. The molecule has 0 heterocycles. The Hall–Kier alpha value is -2.34. The second-order valence-electron chi connectivity index (χ2n) is 6.94. The molecule has 104 valence electrons. The van der Waals surface area contributed by atoms with Gasteiger partial charge >= 0.3 is 0 Å². The fourth-order valence-electron chi connectivity index (χ4n) is 4.67. The summed E-state index contributed by atoms with van der Waals surface area (Å²) in [5.41, 5.74) is 15.3. The van der Waals surface area contributed by atoms with Gasteiger partial charge in [-0.3, -0.25) is 0 Å². The van der Waals surface area contributed by atoms with Gasteiger partial charge in [0.2, 0.25) is 0 Å². The molecule has 2 aromatic carbocycles. The molecule has 0 atom stereocenters. The fraction of sp³-hybridized carbons (Fsp3) is 0.182. The topological polar surface area (TPSA) is 0 Å². The summed E-state index contributed by atoms with van der Waals surface area (Å²) < 4.78 is 0. The first-order valence-corrected chi connectivity index (χ1v) is 8.24. The van der Waals surface area contributed by atoms with Crippen LogP contribution in [0.5, 0.6) is 0 Å². The molecule has 22 heavy (non-hydrogen) atoms. The molecule has 4 aliphatic carbocycles. The zero-order valence-corrected chi connectivity index (χ0v) is 12.4. The van der Waals surface area contributed by atoms with Crippen LogP contribution in [0.2, 0.25) is 0 Å². The minimum atomic E-state index is 1.11. The van der Waals surface area contributed by atoms with Crippen molar-refractivity contribution in [1.29, 1.82) is 0 Å². The number of hydrogen-bond acceptors (Lipinski definition) is 0. The quantitative estimate of drug-likeness (QED) is 0.647. The standard InChI is InChI=1S/C22H16/c1-3-13-7-17-11-22-20-10-16-6-2-4-14(16)8-18(20)12-21(22)19(17)9-15(13)5-1/h1-4,7-10H,5-6,11-12H2. The van der Waals surface area contributed by atoms with Crippen LogP contribution in [-0.2, 0) is 25.7 Å². The van der Waals surface area contributed by atoms with Gasteiger partial charge in [0.1, 0.15) is 0 Å². The molecule has 0 saturated carbocycles. The van der Waals surface area contributed by atoms with Crippen LogP contribution in [0.1, 0.15) is 44.5 Å². The number of hydrogen-bond donors (Lipinski definition) is 0. The van der Waals surface area contributed by atoms with Gasteiger partial charge in [0.05, 0.1) is 0 Å². The molecular weight excluding hydrogens is 264 g/mol. The van der Waals surface area contributed by atoms with Crippen LogP contribution in [0.15, 0.2) is 36.4 Å². The van der Waals surface area contributed by atoms with Crippen LogP contribution < -0.4 is 0 Å². The van der Waals surface area contributed by atoms with E-state index in [0.717, 1.165) is 25.7 Å². The third-order valence-corrected chi connectivity index (χ3v) is 5.75. The van der Waals surface area contributed by atoms with E-state index in [0.29, 0.717) is 0 Å². The molecule has 2 aromatic rings. The van der Waals surface area contributed by atoms with Crippen molar-refractivity contribution >= 4 is 23.3 Å². The highest BCUT2D eigenvalue weighted by atomic mass is 14.3. The molecule has 6 rings (SSSR count). The molecule has 0 heteroatoms. The number of rotatable bonds is 0. The summed E-state index contributed by atoms with van der Waals surface area (Å²) in [6.45, 7) is 0. The second kappa shape index (κ2) is 3.70. The molecule has 0 aliphatic heterocycles. The van der Waals surface area contributed by atoms with Gasteiger partial charge in [0, 0.05) is 0 Å². The normalized spacial score (nSPS) is 18.5. The summed E-state index contributed by atoms with van der Waals surface area (Å²) in [7, 11) is 0. The molecule has 4 aliphatic rings. The molecule has 0 N–H and O–H groups in total. The number of fused-ring (bicyclic) bond motifs is 6. The van der Waals surface area contributed by atoms with Gasteiger partial charge in [0.25, 0.3) is 0 Å². The summed E-state index contributed by atoms with van der Waals surface area (Å²) in [6, 6.07) is 9.79. The van der Waals surface area contributed by atoms with Crippen molar-refractivity contribution in [2.45, 2.75) is 25.7 Å². The highest BCUT2D eigenvalue weighted by molar-refractivity contribution is 6.03. The molecular formula is C22H16. The van der Waals surface area contributed by atoms with Crippen LogP contribution in [0.3, 0.4) is 0 Å². The van der Waals surface area contributed by atoms with Crippen molar-refractivity contribution in [2.24, 2.45) is 0 Å². The van der Waals surface area contributed by atoms with E-state index in [9.17, 15) is 0 Å². The molecule has 0 radical (unpaired) electrons. The highest BCUT2D eigenvalue weighted by Gasteiger charge is 2.31. The van der Waals surface area contributed by atoms with Crippen LogP contribution in [0, 0.1) is 0 Å². The third-order valence-electron chi connectivity index (χ3n) is 5.75. The van der Waals surface area contributed by atoms with Crippen molar-refractivity contribution in [3.05, 3.63) is 80.9 Å². The van der Waals surface area contributed by atoms with Gasteiger partial charge in [-0.05, 0) is 81.3 Å². The lowest BCUT2D eigenvalue weighted by molar-refractivity contribution is 1.21. The van der Waals surface area contributed by atoms with Crippen LogP contribution >= 0.6 is 0 Å². The Kier molecular flexibility index (Phi) is 1.89. The van der Waals surface area contributed by atoms with Gasteiger partial charge in [-0.2, -0.15) is 0 Å². The maximum absolute atomic E-state index is 2.46. The molecule has 0 saturated heterocycles. The van der Waals surface area contributed by atoms with Gasteiger partial charge in [0.15, 0.2) is 0 Å². The summed E-state index contributed by atoms with van der Waals surface area (Å²) in [5.74, 6) is 0. The van der Waals surface area contributed by atoms with Crippen LogP contribution in [0.25, 0.3) is 23.3 Å². The molecule has 0 unspecified atom stereocenters. The van der Waals surface area contributed by atoms with Crippen molar-refractivity contribution in [2.75, 3.05) is 0 Å². The van der Waals surface area contributed by atoms with Crippen molar-refractivity contribution < 1.29 is 0 Å². The lowest BCUT2D eigenvalue weighted by atomic mass is 9.93. The van der Waals surface area contributed by atoms with Crippen molar-refractivity contribution in [3.63, 3.8) is 0 Å². The van der Waals surface area contributed by atoms with Gasteiger partial charge < -0.3 is 0 Å². The predicted molar refractivity (Wildman–Crippen MR) is 92.6 cm³/mol. The van der Waals surface area contributed by atoms with E-state index in [2.05, 4.69) is 48.6 Å². The highest BCUT2D eigenvalue weighted by Crippen LogP contribution is 2.48. The maximum atomic E-state index is 2.46. The average Bonchev–Trinajstić information content (AvgIpc) is 3.25. The predicted octanol–water partition coefficient (Wildman–Crippen LogP) is 4.85. The maximum Gasteiger partial charge on any atom is -0.00104 e. The van der Waals surface area contributed by atoms with Gasteiger partial charge in [-0.15, -0.1) is 0 Å². The molecule has 0 fully saturated rings. The summed E-state index contributed by atoms with van der Waals surface area (Å²) in [5, 5.41) is 0. The SMILES string of the molecule is C1=Cc2cc3c(cc2C1)C1=C(C3)c2cc3c(cc2C1)C=CC3. The van der Waals surface area contributed by atoms with E-state index in [-0.39, 0.29) is 0 Å². The third kappa shape index (κ3) is 1.29. The van der Waals surface area contributed by atoms with E-state index in [4.69, 9.17) is 0 Å². The molecule has 0 aromatic heterocycles. The van der Waals surface area contributed by atoms with Gasteiger partial charge in [-0.25, -0.2) is 0 Å². The Labute approximate surface area is 130 Å². The van der Waals surface area contributed by atoms with E-state index in [1.165, 1.54) is 33.4 Å². The Balaban J connectivity index is 1.52. The van der Waals surface area contributed by atoms with E-state index in [1.807, 2.05) is 0 Å². The first kappa shape index (κ1) is 11.3. The monoisotopic (exact) mass is 280 g/mol. The Bertz CT molecular complexity index is 885. The average molecular weight is 280 g/mol. The smallest absolute Gasteiger partial charge is 0.00104 e. The summed E-state index contributed by atoms with van der Waals surface area (Å²) >= 11 is 0. The van der Waals surface area contributed by atoms with E-state index >= 15 is 0 Å². The summed E-state index contributed by atoms with van der Waals surface area (Å²) in [4.78, 5) is 0. The lowest BCUT2D eigenvalue weighted by Crippen LogP contribution is -1.96. The minimum Gasteiger partial charge on any atom is -0.0795 e. The van der Waals surface area contributed by atoms with E-state index in [1.54, 1.807) is 22.3 Å². The van der Waals surface area contributed by atoms with Crippen molar-refractivity contribution in [3.8, 4) is 0 Å². The lowest BCUT2D eigenvalue weighted by Gasteiger charge is -2.11. The van der Waals surface area contributed by atoms with Gasteiger partial charge in [-0.1, -0.05) is 48.6 Å². The zero-order chi connectivity index (χ0) is 14.3. The van der Waals surface area contributed by atoms with E-state index < -0.39 is 0 Å². The Morgan fingerprint density at radius 3 is 1.55 bits per heavy atom. The number of benzene rings is 2. The first-order valence-electron chi connectivity index (χ1n) is 8.24. The summed E-state index contributed by atoms with van der Waals surface area (Å²) in [6.07, 6.45) is 13.6. The first-order chi connectivity index (χ1) is 10.9. The molecule has 0 amide bonds. The Morgan fingerprint density at radius 1 is 0.545 bits per heavy atom. The fourth-order valence-corrected chi connectivity index (χ4v) is 4.67. The van der Waals surface area contributed by atoms with Crippen LogP contribution in [-0.4, -0.2) is 0 Å². The molecule has 0 bridgehead atoms. The largest absolute Gasteiger partial charge is 0.0795 e. The van der Waals surface area contributed by atoms with Crippen LogP contribution in [0.4, 0.5) is 0 Å². The van der Waals surface area contributed by atoms with Crippen molar-refractivity contribution in [1.82, 2.24) is 0 Å².